The largest absolute Gasteiger partial charge is 0.416 e. The summed E-state index contributed by atoms with van der Waals surface area (Å²) in [7, 11) is 0. The van der Waals surface area contributed by atoms with Crippen molar-refractivity contribution in [2.24, 2.45) is 5.92 Å². The van der Waals surface area contributed by atoms with Crippen LogP contribution in [-0.2, 0) is 25.4 Å². The molecule has 32 heavy (non-hydrogen) atoms. The minimum atomic E-state index is -4.38. The highest BCUT2D eigenvalue weighted by molar-refractivity contribution is 5.35. The lowest BCUT2D eigenvalue weighted by molar-refractivity contribution is -0.138. The van der Waals surface area contributed by atoms with Crippen molar-refractivity contribution < 1.29 is 23.4 Å². The summed E-state index contributed by atoms with van der Waals surface area (Å²) in [5, 5.41) is 18.3. The number of halogens is 3. The van der Waals surface area contributed by atoms with Crippen molar-refractivity contribution in [2.75, 3.05) is 13.2 Å². The summed E-state index contributed by atoms with van der Waals surface area (Å²) in [4.78, 5) is 0. The first-order valence-corrected chi connectivity index (χ1v) is 11.9. The summed E-state index contributed by atoms with van der Waals surface area (Å²) in [5.41, 5.74) is 2.86. The zero-order chi connectivity index (χ0) is 23.0. The molecule has 0 radical (unpaired) electrons. The third-order valence-electron chi connectivity index (χ3n) is 6.81. The maximum Gasteiger partial charge on any atom is 0.416 e. The fourth-order valence-electron chi connectivity index (χ4n) is 4.77. The molecule has 0 aromatic heterocycles. The van der Waals surface area contributed by atoms with E-state index in [4.69, 9.17) is 10.2 Å². The van der Waals surface area contributed by atoms with Crippen molar-refractivity contribution >= 4 is 0 Å². The summed E-state index contributed by atoms with van der Waals surface area (Å²) in [6.45, 7) is -0.213. The van der Waals surface area contributed by atoms with E-state index in [0.717, 1.165) is 5.56 Å². The Morgan fingerprint density at radius 3 is 2.09 bits per heavy atom. The van der Waals surface area contributed by atoms with Crippen LogP contribution >= 0.6 is 0 Å². The summed E-state index contributed by atoms with van der Waals surface area (Å²) in [5.74, 6) is 0.424. The average Bonchev–Trinajstić information content (AvgIpc) is 2.81. The smallest absolute Gasteiger partial charge is 0.396 e. The highest BCUT2D eigenvalue weighted by Crippen LogP contribution is 2.35. The first-order chi connectivity index (χ1) is 15.4. The molecular weight excluding hydrogens is 413 g/mol. The van der Waals surface area contributed by atoms with Crippen LogP contribution in [0, 0.1) is 5.92 Å². The van der Waals surface area contributed by atoms with Gasteiger partial charge in [-0.05, 0) is 79.2 Å². The number of rotatable bonds is 10. The van der Waals surface area contributed by atoms with Crippen LogP contribution in [0.15, 0.2) is 42.5 Å². The topological polar surface area (TPSA) is 40.5 Å². The maximum absolute atomic E-state index is 13.7. The predicted molar refractivity (Wildman–Crippen MR) is 122 cm³/mol. The third-order valence-corrected chi connectivity index (χ3v) is 6.81. The average molecular weight is 449 g/mol. The standard InChI is InChI=1S/C27H35F3O2/c28-27(29,30)26-17-21(5-4-6-22(18-31)19-32)12-16-25(26)15-11-20-9-13-24(14-10-20)23-7-2-1-3-8-23/h9-10,12-14,16-17,22-23,31-32H,1-8,11,15,18-19H2. The second-order valence-corrected chi connectivity index (χ2v) is 9.19. The number of aryl methyl sites for hydroxylation is 3. The van der Waals surface area contributed by atoms with Gasteiger partial charge in [-0.1, -0.05) is 55.7 Å². The lowest BCUT2D eigenvalue weighted by atomic mass is 9.84. The molecule has 0 atom stereocenters. The Balaban J connectivity index is 1.62. The van der Waals surface area contributed by atoms with Gasteiger partial charge in [0.05, 0.1) is 5.56 Å². The summed E-state index contributed by atoms with van der Waals surface area (Å²) in [6, 6.07) is 13.1. The van der Waals surface area contributed by atoms with Gasteiger partial charge in [-0.2, -0.15) is 13.2 Å². The molecule has 3 rings (SSSR count). The second kappa shape index (κ2) is 11.9. The molecule has 0 amide bonds. The SMILES string of the molecule is OCC(CO)CCCc1ccc(CCc2ccc(C3CCCCC3)cc2)c(C(F)(F)F)c1. The van der Waals surface area contributed by atoms with Crippen LogP contribution in [0.2, 0.25) is 0 Å². The molecule has 2 aromatic rings. The van der Waals surface area contributed by atoms with Crippen LogP contribution in [0.1, 0.15) is 78.7 Å². The van der Waals surface area contributed by atoms with Crippen molar-refractivity contribution in [1.82, 2.24) is 0 Å². The molecule has 0 spiro atoms. The lowest BCUT2D eigenvalue weighted by Gasteiger charge is -2.22. The van der Waals surface area contributed by atoms with Gasteiger partial charge in [-0.3, -0.25) is 0 Å². The molecule has 0 aliphatic heterocycles. The van der Waals surface area contributed by atoms with Crippen molar-refractivity contribution in [3.63, 3.8) is 0 Å². The van der Waals surface area contributed by atoms with Crippen LogP contribution in [0.25, 0.3) is 0 Å². The summed E-state index contributed by atoms with van der Waals surface area (Å²) < 4.78 is 41.1. The molecule has 2 nitrogen and oxygen atoms in total. The first-order valence-electron chi connectivity index (χ1n) is 11.9. The van der Waals surface area contributed by atoms with Crippen molar-refractivity contribution in [3.8, 4) is 0 Å². The van der Waals surface area contributed by atoms with Gasteiger partial charge in [0.15, 0.2) is 0 Å². The molecule has 0 unspecified atom stereocenters. The minimum absolute atomic E-state index is 0.106. The fourth-order valence-corrected chi connectivity index (χ4v) is 4.77. The number of alkyl halides is 3. The van der Waals surface area contributed by atoms with Crippen molar-refractivity contribution in [3.05, 3.63) is 70.3 Å². The van der Waals surface area contributed by atoms with Gasteiger partial charge in [0.25, 0.3) is 0 Å². The van der Waals surface area contributed by atoms with Crippen molar-refractivity contribution in [1.29, 1.82) is 0 Å². The van der Waals surface area contributed by atoms with Crippen LogP contribution in [0.4, 0.5) is 13.2 Å². The first kappa shape index (κ1) is 24.8. The molecular formula is C27H35F3O2. The summed E-state index contributed by atoms with van der Waals surface area (Å²) >= 11 is 0. The Bertz CT molecular complexity index is 820. The van der Waals surface area contributed by atoms with E-state index in [9.17, 15) is 13.2 Å². The Labute approximate surface area is 189 Å². The lowest BCUT2D eigenvalue weighted by Crippen LogP contribution is -2.12. The van der Waals surface area contributed by atoms with Crippen LogP contribution in [0.3, 0.4) is 0 Å². The van der Waals surface area contributed by atoms with Gasteiger partial charge < -0.3 is 10.2 Å². The maximum atomic E-state index is 13.7. The Kier molecular flexibility index (Phi) is 9.18. The predicted octanol–water partition coefficient (Wildman–Crippen LogP) is 6.46. The molecule has 0 saturated heterocycles. The van der Waals surface area contributed by atoms with Gasteiger partial charge in [-0.15, -0.1) is 0 Å². The molecule has 1 fully saturated rings. The second-order valence-electron chi connectivity index (χ2n) is 9.19. The Hall–Kier alpha value is -1.85. The summed E-state index contributed by atoms with van der Waals surface area (Å²) in [6.07, 6.45) is 4.65. The monoisotopic (exact) mass is 448 g/mol. The van der Waals surface area contributed by atoms with Crippen molar-refractivity contribution in [2.45, 2.75) is 76.3 Å². The zero-order valence-electron chi connectivity index (χ0n) is 18.7. The molecule has 0 bridgehead atoms. The zero-order valence-corrected chi connectivity index (χ0v) is 18.7. The molecule has 2 aromatic carbocycles. The molecule has 0 heterocycles. The highest BCUT2D eigenvalue weighted by Gasteiger charge is 2.33. The van der Waals surface area contributed by atoms with Gasteiger partial charge in [0, 0.05) is 19.1 Å². The Morgan fingerprint density at radius 1 is 0.812 bits per heavy atom. The number of hydrogen-bond donors (Lipinski definition) is 2. The normalized spacial score (nSPS) is 15.4. The van der Waals surface area contributed by atoms with E-state index < -0.39 is 11.7 Å². The van der Waals surface area contributed by atoms with Gasteiger partial charge in [-0.25, -0.2) is 0 Å². The quantitative estimate of drug-likeness (QED) is 0.438. The van der Waals surface area contributed by atoms with Crippen LogP contribution in [0.5, 0.6) is 0 Å². The number of benzene rings is 2. The van der Waals surface area contributed by atoms with Gasteiger partial charge in [0.1, 0.15) is 0 Å². The molecule has 1 saturated carbocycles. The van der Waals surface area contributed by atoms with E-state index >= 15 is 0 Å². The molecule has 5 heteroatoms. The number of aliphatic hydroxyl groups is 2. The van der Waals surface area contributed by atoms with Crippen LogP contribution in [-0.4, -0.2) is 23.4 Å². The fraction of sp³-hybridized carbons (Fsp3) is 0.556. The minimum Gasteiger partial charge on any atom is -0.396 e. The molecule has 2 N–H and O–H groups in total. The number of aliphatic hydroxyl groups excluding tert-OH is 2. The highest BCUT2D eigenvalue weighted by atomic mass is 19.4. The van der Waals surface area contributed by atoms with E-state index in [1.54, 1.807) is 12.1 Å². The van der Waals surface area contributed by atoms with E-state index in [0.29, 0.717) is 49.1 Å². The van der Waals surface area contributed by atoms with E-state index in [1.165, 1.54) is 43.7 Å². The number of hydrogen-bond acceptors (Lipinski definition) is 2. The molecule has 1 aliphatic carbocycles. The molecule has 176 valence electrons. The van der Waals surface area contributed by atoms with Crippen LogP contribution < -0.4 is 0 Å². The Morgan fingerprint density at radius 2 is 1.47 bits per heavy atom. The van der Waals surface area contributed by atoms with Gasteiger partial charge >= 0.3 is 6.18 Å². The van der Waals surface area contributed by atoms with E-state index in [2.05, 4.69) is 24.3 Å². The van der Waals surface area contributed by atoms with Gasteiger partial charge in [0.2, 0.25) is 0 Å². The third kappa shape index (κ3) is 7.08. The molecule has 1 aliphatic rings. The van der Waals surface area contributed by atoms with E-state index in [1.807, 2.05) is 0 Å². The van der Waals surface area contributed by atoms with E-state index in [-0.39, 0.29) is 19.1 Å².